The fourth-order valence-corrected chi connectivity index (χ4v) is 5.56. The van der Waals surface area contributed by atoms with Crippen LogP contribution >= 0.6 is 11.8 Å². The number of fused-ring (bicyclic) bond motifs is 3. The zero-order chi connectivity index (χ0) is 19.5. The van der Waals surface area contributed by atoms with Gasteiger partial charge < -0.3 is 0 Å². The second-order valence-electron chi connectivity index (χ2n) is 8.42. The molecule has 0 spiro atoms. The molecule has 3 aromatic rings. The maximum absolute atomic E-state index is 14.0. The number of halogens is 1. The Bertz CT molecular complexity index is 1040. The Hall–Kier alpha value is -2.25. The number of rotatable bonds is 1. The number of benzene rings is 2. The standard InChI is InChI=1S/C21H22FN5S/c1-21(2,3)27-20(23-24-25-27)19-16-9-8-15(22)11-17(16)28-18-10-13-6-4-5-7-14(13)12-26(18)19/h4-9,11,18-19H,10,12H2,1-3H3. The van der Waals surface area contributed by atoms with Crippen LogP contribution in [-0.4, -0.2) is 30.5 Å². The van der Waals surface area contributed by atoms with Crippen LogP contribution < -0.4 is 0 Å². The Labute approximate surface area is 167 Å². The predicted octanol–water partition coefficient (Wildman–Crippen LogP) is 4.15. The van der Waals surface area contributed by atoms with Crippen LogP contribution in [0.15, 0.2) is 47.4 Å². The maximum atomic E-state index is 14.0. The highest BCUT2D eigenvalue weighted by Crippen LogP contribution is 2.48. The van der Waals surface area contributed by atoms with Gasteiger partial charge in [0.1, 0.15) is 5.82 Å². The second kappa shape index (κ2) is 6.39. The summed E-state index contributed by atoms with van der Waals surface area (Å²) in [5.41, 5.74) is 3.53. The monoisotopic (exact) mass is 395 g/mol. The van der Waals surface area contributed by atoms with Crippen molar-refractivity contribution < 1.29 is 4.39 Å². The van der Waals surface area contributed by atoms with Crippen LogP contribution in [0.3, 0.4) is 0 Å². The van der Waals surface area contributed by atoms with Gasteiger partial charge in [-0.05, 0) is 66.4 Å². The largest absolute Gasteiger partial charge is 0.273 e. The number of thioether (sulfide) groups is 1. The molecule has 2 aliphatic rings. The first kappa shape index (κ1) is 17.8. The molecule has 7 heteroatoms. The van der Waals surface area contributed by atoms with Gasteiger partial charge in [0.2, 0.25) is 0 Å². The fraction of sp³-hybridized carbons (Fsp3) is 0.381. The molecule has 0 fully saturated rings. The molecule has 2 atom stereocenters. The molecule has 0 saturated carbocycles. The number of nitrogens with zero attached hydrogens (tertiary/aromatic N) is 5. The SMILES string of the molecule is CC(C)(C)n1nnnc1C1c2ccc(F)cc2SC2Cc3ccccc3CN21. The maximum Gasteiger partial charge on any atom is 0.173 e. The van der Waals surface area contributed by atoms with E-state index in [-0.39, 0.29) is 22.8 Å². The zero-order valence-electron chi connectivity index (χ0n) is 16.1. The zero-order valence-corrected chi connectivity index (χ0v) is 16.9. The molecule has 3 heterocycles. The quantitative estimate of drug-likeness (QED) is 0.620. The fourth-order valence-electron chi connectivity index (χ4n) is 4.17. The van der Waals surface area contributed by atoms with Crippen molar-refractivity contribution in [1.29, 1.82) is 0 Å². The third kappa shape index (κ3) is 2.84. The minimum Gasteiger partial charge on any atom is -0.273 e. The molecule has 1 aromatic heterocycles. The highest BCUT2D eigenvalue weighted by molar-refractivity contribution is 8.00. The molecular formula is C21H22FN5S. The summed E-state index contributed by atoms with van der Waals surface area (Å²) in [4.78, 5) is 3.44. The van der Waals surface area contributed by atoms with Crippen molar-refractivity contribution in [2.75, 3.05) is 0 Å². The number of tetrazole rings is 1. The summed E-state index contributed by atoms with van der Waals surface area (Å²) in [5, 5.41) is 12.9. The summed E-state index contributed by atoms with van der Waals surface area (Å²) in [6.45, 7) is 7.11. The third-order valence-electron chi connectivity index (χ3n) is 5.47. The van der Waals surface area contributed by atoms with E-state index >= 15 is 0 Å². The van der Waals surface area contributed by atoms with E-state index in [9.17, 15) is 4.39 Å². The van der Waals surface area contributed by atoms with E-state index in [4.69, 9.17) is 0 Å². The summed E-state index contributed by atoms with van der Waals surface area (Å²) in [5.74, 6) is 0.607. The van der Waals surface area contributed by atoms with Crippen LogP contribution in [0.5, 0.6) is 0 Å². The Balaban J connectivity index is 1.68. The highest BCUT2D eigenvalue weighted by atomic mass is 32.2. The van der Waals surface area contributed by atoms with Gasteiger partial charge in [0.25, 0.3) is 0 Å². The van der Waals surface area contributed by atoms with Crippen LogP contribution in [0.1, 0.15) is 49.3 Å². The molecule has 0 aliphatic carbocycles. The Morgan fingerprint density at radius 1 is 1.11 bits per heavy atom. The molecule has 5 nitrogen and oxygen atoms in total. The number of aromatic nitrogens is 4. The van der Waals surface area contributed by atoms with Crippen LogP contribution in [-0.2, 0) is 18.5 Å². The van der Waals surface area contributed by atoms with E-state index in [1.54, 1.807) is 17.8 Å². The Kier molecular flexibility index (Phi) is 4.07. The van der Waals surface area contributed by atoms with Gasteiger partial charge in [0, 0.05) is 11.4 Å². The van der Waals surface area contributed by atoms with Crippen molar-refractivity contribution in [3.8, 4) is 0 Å². The Morgan fingerprint density at radius 3 is 2.68 bits per heavy atom. The molecule has 0 bridgehead atoms. The first-order valence-electron chi connectivity index (χ1n) is 9.49. The van der Waals surface area contributed by atoms with E-state index in [0.29, 0.717) is 0 Å². The molecule has 0 saturated heterocycles. The number of hydrogen-bond donors (Lipinski definition) is 0. The van der Waals surface area contributed by atoms with Crippen molar-refractivity contribution in [3.63, 3.8) is 0 Å². The van der Waals surface area contributed by atoms with Gasteiger partial charge in [-0.3, -0.25) is 4.90 Å². The molecule has 5 rings (SSSR count). The molecule has 0 radical (unpaired) electrons. The van der Waals surface area contributed by atoms with Gasteiger partial charge in [-0.15, -0.1) is 16.9 Å². The average molecular weight is 396 g/mol. The first-order valence-corrected chi connectivity index (χ1v) is 10.4. The predicted molar refractivity (Wildman–Crippen MR) is 106 cm³/mol. The van der Waals surface area contributed by atoms with Gasteiger partial charge in [-0.25, -0.2) is 9.07 Å². The van der Waals surface area contributed by atoms with E-state index in [1.165, 1.54) is 17.2 Å². The van der Waals surface area contributed by atoms with Crippen molar-refractivity contribution in [2.24, 2.45) is 0 Å². The molecule has 0 amide bonds. The average Bonchev–Trinajstić information content (AvgIpc) is 3.14. The van der Waals surface area contributed by atoms with Crippen molar-refractivity contribution in [1.82, 2.24) is 25.1 Å². The minimum absolute atomic E-state index is 0.107. The lowest BCUT2D eigenvalue weighted by Gasteiger charge is -2.45. The van der Waals surface area contributed by atoms with Gasteiger partial charge in [0.05, 0.1) is 17.0 Å². The second-order valence-corrected chi connectivity index (χ2v) is 9.64. The number of hydrogen-bond acceptors (Lipinski definition) is 5. The normalized spacial score (nSPS) is 21.7. The van der Waals surface area contributed by atoms with Gasteiger partial charge in [-0.1, -0.05) is 30.3 Å². The molecular weight excluding hydrogens is 373 g/mol. The lowest BCUT2D eigenvalue weighted by molar-refractivity contribution is 0.161. The Morgan fingerprint density at radius 2 is 1.89 bits per heavy atom. The molecule has 2 aliphatic heterocycles. The molecule has 144 valence electrons. The topological polar surface area (TPSA) is 46.8 Å². The van der Waals surface area contributed by atoms with Gasteiger partial charge in [-0.2, -0.15) is 0 Å². The highest BCUT2D eigenvalue weighted by Gasteiger charge is 2.42. The van der Waals surface area contributed by atoms with Crippen molar-refractivity contribution >= 4 is 11.8 Å². The first-order chi connectivity index (χ1) is 13.4. The lowest BCUT2D eigenvalue weighted by atomic mass is 9.95. The van der Waals surface area contributed by atoms with E-state index in [0.717, 1.165) is 29.2 Å². The third-order valence-corrected chi connectivity index (χ3v) is 6.79. The molecule has 2 aromatic carbocycles. The summed E-state index contributed by atoms with van der Waals surface area (Å²) in [6, 6.07) is 13.5. The van der Waals surface area contributed by atoms with Crippen LogP contribution in [0.2, 0.25) is 0 Å². The minimum atomic E-state index is -0.243. The van der Waals surface area contributed by atoms with Crippen LogP contribution in [0, 0.1) is 5.82 Å². The van der Waals surface area contributed by atoms with Crippen LogP contribution in [0.4, 0.5) is 4.39 Å². The summed E-state index contributed by atoms with van der Waals surface area (Å²) in [6.07, 6.45) is 0.921. The van der Waals surface area contributed by atoms with E-state index < -0.39 is 0 Å². The molecule has 2 unspecified atom stereocenters. The smallest absolute Gasteiger partial charge is 0.173 e. The lowest BCUT2D eigenvalue weighted by Crippen LogP contribution is -2.45. The van der Waals surface area contributed by atoms with Crippen molar-refractivity contribution in [2.45, 2.75) is 55.6 Å². The van der Waals surface area contributed by atoms with Gasteiger partial charge >= 0.3 is 0 Å². The van der Waals surface area contributed by atoms with Crippen molar-refractivity contribution in [3.05, 3.63) is 70.8 Å². The molecule has 0 N–H and O–H groups in total. The summed E-state index contributed by atoms with van der Waals surface area (Å²) < 4.78 is 15.9. The van der Waals surface area contributed by atoms with Crippen LogP contribution in [0.25, 0.3) is 0 Å². The molecule has 28 heavy (non-hydrogen) atoms. The van der Waals surface area contributed by atoms with E-state index in [1.807, 2.05) is 10.7 Å². The summed E-state index contributed by atoms with van der Waals surface area (Å²) in [7, 11) is 0. The van der Waals surface area contributed by atoms with E-state index in [2.05, 4.69) is 65.5 Å². The van der Waals surface area contributed by atoms with Gasteiger partial charge in [0.15, 0.2) is 5.82 Å². The summed E-state index contributed by atoms with van der Waals surface area (Å²) >= 11 is 1.74.